The summed E-state index contributed by atoms with van der Waals surface area (Å²) in [6.07, 6.45) is 12.8. The molecule has 2 aromatic heterocycles. The van der Waals surface area contributed by atoms with E-state index in [0.29, 0.717) is 32.3 Å². The molecule has 14 heteroatoms. The summed E-state index contributed by atoms with van der Waals surface area (Å²) in [5, 5.41) is 2.98. The molecule has 4 aliphatic heterocycles. The van der Waals surface area contributed by atoms with Crippen molar-refractivity contribution in [2.45, 2.75) is 128 Å². The van der Waals surface area contributed by atoms with Gasteiger partial charge in [-0.15, -0.1) is 0 Å². The van der Waals surface area contributed by atoms with Gasteiger partial charge in [0, 0.05) is 51.0 Å². The van der Waals surface area contributed by atoms with E-state index >= 15 is 0 Å². The number of benzene rings is 2. The van der Waals surface area contributed by atoms with Crippen LogP contribution in [0.4, 0.5) is 0 Å². The van der Waals surface area contributed by atoms with Crippen molar-refractivity contribution in [2.75, 3.05) is 33.5 Å². The van der Waals surface area contributed by atoms with Crippen LogP contribution >= 0.6 is 0 Å². The third-order valence-electron chi connectivity index (χ3n) is 14.8. The second-order valence-corrected chi connectivity index (χ2v) is 18.6. The van der Waals surface area contributed by atoms with Gasteiger partial charge in [0.05, 0.1) is 37.4 Å². The average Bonchev–Trinajstić information content (AvgIpc) is 4.18. The van der Waals surface area contributed by atoms with E-state index in [4.69, 9.17) is 28.6 Å². The summed E-state index contributed by atoms with van der Waals surface area (Å²) < 4.78 is 22.4. The Morgan fingerprint density at radius 1 is 0.781 bits per heavy atom. The number of carbonyl (C=O) groups is 4. The number of methoxy groups -OCH3 is 1. The maximum Gasteiger partial charge on any atom is 0.306 e. The van der Waals surface area contributed by atoms with E-state index in [9.17, 15) is 19.2 Å². The number of hydrogen-bond acceptors (Lipinski definition) is 10. The number of esters is 1. The Labute approximate surface area is 375 Å². The Balaban J connectivity index is 0.912. The van der Waals surface area contributed by atoms with E-state index in [-0.39, 0.29) is 66.1 Å². The minimum absolute atomic E-state index is 0.00675. The molecule has 4 saturated heterocycles. The fourth-order valence-electron chi connectivity index (χ4n) is 11.3. The molecule has 6 atom stereocenters. The van der Waals surface area contributed by atoms with Crippen molar-refractivity contribution in [3.05, 3.63) is 71.7 Å². The maximum atomic E-state index is 14.4. The van der Waals surface area contributed by atoms with Gasteiger partial charge in [-0.25, -0.2) is 9.97 Å². The number of aromatic amines is 1. The van der Waals surface area contributed by atoms with E-state index in [1.54, 1.807) is 6.26 Å². The van der Waals surface area contributed by atoms with Gasteiger partial charge in [0.1, 0.15) is 29.9 Å². The molecule has 0 saturated carbocycles. The van der Waals surface area contributed by atoms with Gasteiger partial charge < -0.3 is 38.7 Å². The van der Waals surface area contributed by atoms with Crippen molar-refractivity contribution >= 4 is 23.7 Å². The first-order valence-corrected chi connectivity index (χ1v) is 23.5. The second-order valence-electron chi connectivity index (χ2n) is 18.6. The van der Waals surface area contributed by atoms with Crippen LogP contribution in [-0.2, 0) is 46.2 Å². The molecular formula is C50H62N6O8. The van der Waals surface area contributed by atoms with E-state index in [1.807, 2.05) is 16.0 Å². The van der Waals surface area contributed by atoms with E-state index < -0.39 is 12.0 Å². The lowest BCUT2D eigenvalue weighted by Gasteiger charge is -2.36. The van der Waals surface area contributed by atoms with Gasteiger partial charge in [-0.2, -0.15) is 0 Å². The van der Waals surface area contributed by atoms with Crippen LogP contribution in [0.3, 0.4) is 0 Å². The second kappa shape index (κ2) is 19.0. The molecule has 0 spiro atoms. The quantitative estimate of drug-likeness (QED) is 0.136. The normalized spacial score (nSPS) is 23.8. The van der Waals surface area contributed by atoms with Crippen LogP contribution in [0.25, 0.3) is 33.6 Å². The Morgan fingerprint density at radius 3 is 2.06 bits per heavy atom. The summed E-state index contributed by atoms with van der Waals surface area (Å²) >= 11 is 0. The number of imidazole rings is 1. The molecule has 5 aliphatic rings. The average molecular weight is 875 g/mol. The minimum Gasteiger partial charge on any atom is -0.469 e. The summed E-state index contributed by atoms with van der Waals surface area (Å²) in [5.74, 6) is 0.268. The van der Waals surface area contributed by atoms with Crippen molar-refractivity contribution in [3.8, 4) is 33.6 Å². The van der Waals surface area contributed by atoms with Crippen LogP contribution in [0.5, 0.6) is 0 Å². The van der Waals surface area contributed by atoms with Gasteiger partial charge in [0.15, 0.2) is 0 Å². The number of carbonyl (C=O) groups excluding carboxylic acids is 4. The number of amides is 3. The molecule has 4 fully saturated rings. The Kier molecular flexibility index (Phi) is 13.0. The fourth-order valence-corrected chi connectivity index (χ4v) is 11.3. The molecule has 3 amide bonds. The Bertz CT molecular complexity index is 2330. The SMILES string of the molecule is COC(=O)C[C@H](C(=O)N1[C@@H](C)CC[C@H]1c1nc(-c2ccc(-c3ccc(-c4cnc([C@@H]5CC[C@H](C)N5C(=O)[C@@H](NC(C)=O)C5CCOCC5)[nH]4)cc3)c3c2CCC3)co1)C1CCOCC1. The minimum atomic E-state index is -0.582. The lowest BCUT2D eigenvalue weighted by atomic mass is 9.82. The number of fused-ring (bicyclic) bond motifs is 1. The molecule has 64 heavy (non-hydrogen) atoms. The molecule has 0 radical (unpaired) electrons. The molecule has 14 nitrogen and oxygen atoms in total. The highest BCUT2D eigenvalue weighted by atomic mass is 16.5. The predicted molar refractivity (Wildman–Crippen MR) is 238 cm³/mol. The molecule has 0 bridgehead atoms. The molecule has 4 aromatic rings. The molecule has 2 aromatic carbocycles. The summed E-state index contributed by atoms with van der Waals surface area (Å²) in [6.45, 7) is 7.99. The van der Waals surface area contributed by atoms with Crippen LogP contribution in [0, 0.1) is 17.8 Å². The lowest BCUT2D eigenvalue weighted by molar-refractivity contribution is -0.151. The molecule has 1 aliphatic carbocycles. The number of aromatic nitrogens is 3. The maximum absolute atomic E-state index is 14.4. The zero-order valence-electron chi connectivity index (χ0n) is 37.6. The van der Waals surface area contributed by atoms with Gasteiger partial charge in [-0.3, -0.25) is 19.2 Å². The number of hydrogen-bond donors (Lipinski definition) is 2. The first-order chi connectivity index (χ1) is 31.1. The van der Waals surface area contributed by atoms with E-state index in [2.05, 4.69) is 60.5 Å². The van der Waals surface area contributed by atoms with Crippen molar-refractivity contribution in [1.29, 1.82) is 0 Å². The number of nitrogens with zero attached hydrogens (tertiary/aromatic N) is 4. The highest BCUT2D eigenvalue weighted by Gasteiger charge is 2.45. The summed E-state index contributed by atoms with van der Waals surface area (Å²) in [6, 6.07) is 11.8. The van der Waals surface area contributed by atoms with Crippen molar-refractivity contribution in [2.24, 2.45) is 17.8 Å². The topological polar surface area (TPSA) is 169 Å². The van der Waals surface area contributed by atoms with Gasteiger partial charge >= 0.3 is 5.97 Å². The Morgan fingerprint density at radius 2 is 1.39 bits per heavy atom. The molecule has 9 rings (SSSR count). The number of likely N-dealkylation sites (tertiary alicyclic amines) is 2. The largest absolute Gasteiger partial charge is 0.469 e. The summed E-state index contributed by atoms with van der Waals surface area (Å²) in [7, 11) is 1.37. The number of nitrogens with one attached hydrogen (secondary N) is 2. The highest BCUT2D eigenvalue weighted by molar-refractivity contribution is 5.88. The standard InChI is InChI=1S/C50H62N6O8/c1-29-8-16-43(55(29)50(60)46(52-31(3)57)35-20-24-63-25-21-35)47-51-27-41(53-47)34-12-10-32(11-13-34)36-14-15-39(38-7-5-6-37(36)38)42-28-64-48(54-42)44-17-9-30(2)56(44)49(59)40(26-45(58)61-4)33-18-22-62-23-19-33/h10-15,27-30,33,35,40,43-44,46H,5-9,16-26H2,1-4H3,(H,51,53)(H,52,57)/t29-,30-,40-,43-,44-,46-/m0/s1. The van der Waals surface area contributed by atoms with Crippen molar-refractivity contribution in [1.82, 2.24) is 30.1 Å². The Hall–Kier alpha value is -5.34. The van der Waals surface area contributed by atoms with Gasteiger partial charge in [0.2, 0.25) is 23.6 Å². The van der Waals surface area contributed by atoms with E-state index in [1.165, 1.54) is 30.7 Å². The van der Waals surface area contributed by atoms with Gasteiger partial charge in [-0.05, 0) is 124 Å². The van der Waals surface area contributed by atoms with Gasteiger partial charge in [-0.1, -0.05) is 36.4 Å². The first kappa shape index (κ1) is 43.9. The van der Waals surface area contributed by atoms with Gasteiger partial charge in [0.25, 0.3) is 0 Å². The van der Waals surface area contributed by atoms with Crippen LogP contribution < -0.4 is 5.32 Å². The molecule has 2 N–H and O–H groups in total. The predicted octanol–water partition coefficient (Wildman–Crippen LogP) is 7.53. The molecular weight excluding hydrogens is 813 g/mol. The van der Waals surface area contributed by atoms with Crippen molar-refractivity contribution in [3.63, 3.8) is 0 Å². The lowest BCUT2D eigenvalue weighted by Crippen LogP contribution is -2.54. The van der Waals surface area contributed by atoms with Crippen molar-refractivity contribution < 1.29 is 37.8 Å². The zero-order chi connectivity index (χ0) is 44.5. The zero-order valence-corrected chi connectivity index (χ0v) is 37.6. The van der Waals surface area contributed by atoms with Crippen LogP contribution in [0.1, 0.15) is 120 Å². The first-order valence-electron chi connectivity index (χ1n) is 23.5. The fraction of sp³-hybridized carbons (Fsp3) is 0.560. The van der Waals surface area contributed by atoms with E-state index in [0.717, 1.165) is 105 Å². The summed E-state index contributed by atoms with van der Waals surface area (Å²) in [4.78, 5) is 70.6. The number of ether oxygens (including phenoxy) is 3. The molecule has 6 heterocycles. The molecule has 0 unspecified atom stereocenters. The monoisotopic (exact) mass is 874 g/mol. The van der Waals surface area contributed by atoms with Crippen LogP contribution in [-0.4, -0.2) is 100 Å². The highest BCUT2D eigenvalue weighted by Crippen LogP contribution is 2.43. The molecule has 340 valence electrons. The third kappa shape index (κ3) is 8.75. The smallest absolute Gasteiger partial charge is 0.306 e. The van der Waals surface area contributed by atoms with Crippen LogP contribution in [0.15, 0.2) is 53.3 Å². The van der Waals surface area contributed by atoms with Crippen LogP contribution in [0.2, 0.25) is 0 Å². The third-order valence-corrected chi connectivity index (χ3v) is 14.8. The number of rotatable bonds is 12. The number of H-pyrrole nitrogens is 1. The number of oxazole rings is 1. The summed E-state index contributed by atoms with van der Waals surface area (Å²) in [5.41, 5.74) is 8.68.